The third-order valence-corrected chi connectivity index (χ3v) is 3.56. The Morgan fingerprint density at radius 2 is 1.91 bits per heavy atom. The Balaban J connectivity index is 1.89. The van der Waals surface area contributed by atoms with Gasteiger partial charge in [0.15, 0.2) is 0 Å². The molecule has 5 nitrogen and oxygen atoms in total. The second kappa shape index (κ2) is 6.30. The number of benzene rings is 2. The summed E-state index contributed by atoms with van der Waals surface area (Å²) >= 11 is 0. The maximum atomic E-state index is 6.13. The second-order valence-electron chi connectivity index (χ2n) is 5.19. The quantitative estimate of drug-likeness (QED) is 0.739. The van der Waals surface area contributed by atoms with E-state index in [1.807, 2.05) is 30.3 Å². The zero-order valence-electron chi connectivity index (χ0n) is 12.2. The van der Waals surface area contributed by atoms with E-state index in [0.717, 1.165) is 12.0 Å². The maximum absolute atomic E-state index is 6.13. The number of anilines is 2. The van der Waals surface area contributed by atoms with Gasteiger partial charge in [-0.2, -0.15) is 0 Å². The van der Waals surface area contributed by atoms with Crippen LogP contribution in [0.25, 0.3) is 0 Å². The summed E-state index contributed by atoms with van der Waals surface area (Å²) in [7, 11) is 0. The van der Waals surface area contributed by atoms with E-state index in [1.54, 1.807) is 12.3 Å². The molecule has 0 bridgehead atoms. The molecule has 1 unspecified atom stereocenters. The van der Waals surface area contributed by atoms with Gasteiger partial charge in [-0.15, -0.1) is 0 Å². The van der Waals surface area contributed by atoms with Crippen molar-refractivity contribution in [1.29, 1.82) is 0 Å². The van der Waals surface area contributed by atoms with Gasteiger partial charge in [0.05, 0.1) is 6.04 Å². The van der Waals surface area contributed by atoms with Gasteiger partial charge in [-0.05, 0) is 35.7 Å². The second-order valence-corrected chi connectivity index (χ2v) is 5.19. The van der Waals surface area contributed by atoms with Crippen LogP contribution in [0.15, 0.2) is 60.7 Å². The number of nitrogens with two attached hydrogens (primary N) is 2. The van der Waals surface area contributed by atoms with Gasteiger partial charge >= 0.3 is 0 Å². The highest BCUT2D eigenvalue weighted by Gasteiger charge is 2.19. The molecule has 0 radical (unpaired) electrons. The molecule has 0 fully saturated rings. The average Bonchev–Trinajstić information content (AvgIpc) is 3.03. The van der Waals surface area contributed by atoms with Gasteiger partial charge in [0, 0.05) is 11.4 Å². The number of ether oxygens (including phenoxy) is 2. The van der Waals surface area contributed by atoms with Crippen molar-refractivity contribution in [1.82, 2.24) is 5.32 Å². The molecule has 1 atom stereocenters. The fraction of sp³-hybridized carbons (Fsp3) is 0.176. The van der Waals surface area contributed by atoms with Crippen molar-refractivity contribution in [3.8, 4) is 0 Å². The Labute approximate surface area is 129 Å². The minimum Gasteiger partial charge on any atom is -0.459 e. The largest absolute Gasteiger partial charge is 0.459 e. The first-order valence-corrected chi connectivity index (χ1v) is 7.12. The van der Waals surface area contributed by atoms with Crippen molar-refractivity contribution >= 4 is 11.4 Å². The van der Waals surface area contributed by atoms with Crippen LogP contribution in [0.4, 0.5) is 11.4 Å². The van der Waals surface area contributed by atoms with Gasteiger partial charge in [-0.3, -0.25) is 0 Å². The zero-order chi connectivity index (χ0) is 15.4. The molecule has 5 N–H and O–H groups in total. The lowest BCUT2D eigenvalue weighted by Gasteiger charge is -2.22. The molecule has 2 aromatic carbocycles. The fourth-order valence-electron chi connectivity index (χ4n) is 2.47. The third kappa shape index (κ3) is 3.25. The summed E-state index contributed by atoms with van der Waals surface area (Å²) in [4.78, 5) is 0. The molecule has 0 aromatic heterocycles. The van der Waals surface area contributed by atoms with E-state index in [4.69, 9.17) is 20.9 Å². The third-order valence-electron chi connectivity index (χ3n) is 3.56. The van der Waals surface area contributed by atoms with Crippen LogP contribution in [0, 0.1) is 0 Å². The summed E-state index contributed by atoms with van der Waals surface area (Å²) in [6, 6.07) is 15.7. The summed E-state index contributed by atoms with van der Waals surface area (Å²) in [5.74, 6) is 0.600. The molecule has 2 aromatic rings. The van der Waals surface area contributed by atoms with E-state index in [0.29, 0.717) is 17.3 Å². The van der Waals surface area contributed by atoms with E-state index < -0.39 is 0 Å². The zero-order valence-corrected chi connectivity index (χ0v) is 12.2. The van der Waals surface area contributed by atoms with Crippen LogP contribution in [0.5, 0.6) is 0 Å². The van der Waals surface area contributed by atoms with E-state index in [-0.39, 0.29) is 12.8 Å². The van der Waals surface area contributed by atoms with E-state index >= 15 is 0 Å². The number of rotatable bonds is 5. The lowest BCUT2D eigenvalue weighted by atomic mass is 9.97. The Hall–Kier alpha value is -2.82. The molecule has 0 aliphatic carbocycles. The molecule has 1 heterocycles. The van der Waals surface area contributed by atoms with Crippen molar-refractivity contribution < 1.29 is 9.47 Å². The van der Waals surface area contributed by atoms with Gasteiger partial charge in [0.25, 0.3) is 0 Å². The van der Waals surface area contributed by atoms with Crippen molar-refractivity contribution in [2.75, 3.05) is 18.3 Å². The summed E-state index contributed by atoms with van der Waals surface area (Å²) in [5.41, 5.74) is 15.6. The van der Waals surface area contributed by atoms with Gasteiger partial charge in [0.1, 0.15) is 6.26 Å². The van der Waals surface area contributed by atoms with Crippen LogP contribution < -0.4 is 16.8 Å². The van der Waals surface area contributed by atoms with Gasteiger partial charge in [0.2, 0.25) is 12.7 Å². The van der Waals surface area contributed by atoms with Crippen LogP contribution in [-0.4, -0.2) is 6.79 Å². The molecule has 0 saturated carbocycles. The molecule has 0 saturated heterocycles. The Kier molecular flexibility index (Phi) is 4.05. The fourth-order valence-corrected chi connectivity index (χ4v) is 2.47. The smallest absolute Gasteiger partial charge is 0.232 e. The Morgan fingerprint density at radius 3 is 2.64 bits per heavy atom. The van der Waals surface area contributed by atoms with Gasteiger partial charge in [-0.25, -0.2) is 0 Å². The minimum absolute atomic E-state index is 0.0566. The number of nitrogen functional groups attached to an aromatic ring is 2. The van der Waals surface area contributed by atoms with E-state index in [2.05, 4.69) is 17.4 Å². The van der Waals surface area contributed by atoms with Crippen molar-refractivity contribution in [3.63, 3.8) is 0 Å². The lowest BCUT2D eigenvalue weighted by Crippen LogP contribution is -2.24. The predicted molar refractivity (Wildman–Crippen MR) is 86.4 cm³/mol. The predicted octanol–water partition coefficient (Wildman–Crippen LogP) is 2.53. The summed E-state index contributed by atoms with van der Waals surface area (Å²) in [5, 5.41) is 3.33. The molecule has 3 rings (SSSR count). The topological polar surface area (TPSA) is 82.5 Å². The molecule has 1 aliphatic heterocycles. The van der Waals surface area contributed by atoms with Crippen molar-refractivity contribution in [2.24, 2.45) is 0 Å². The summed E-state index contributed by atoms with van der Waals surface area (Å²) < 4.78 is 10.5. The first-order chi connectivity index (χ1) is 10.7. The minimum atomic E-state index is -0.0566. The highest BCUT2D eigenvalue weighted by atomic mass is 16.7. The van der Waals surface area contributed by atoms with Crippen molar-refractivity contribution in [2.45, 2.75) is 12.5 Å². The summed E-state index contributed by atoms with van der Waals surface area (Å²) in [6.45, 7) is 0.229. The first-order valence-electron chi connectivity index (χ1n) is 7.12. The average molecular weight is 297 g/mol. The van der Waals surface area contributed by atoms with Crippen LogP contribution in [-0.2, 0) is 15.9 Å². The van der Waals surface area contributed by atoms with Crippen LogP contribution >= 0.6 is 0 Å². The van der Waals surface area contributed by atoms with Crippen LogP contribution in [0.2, 0.25) is 0 Å². The summed E-state index contributed by atoms with van der Waals surface area (Å²) in [6.07, 6.45) is 2.33. The molecule has 114 valence electrons. The van der Waals surface area contributed by atoms with Crippen LogP contribution in [0.1, 0.15) is 17.2 Å². The standard InChI is InChI=1S/C17H19N3O2/c18-13-6-7-15(19)14(9-13)16(20-17-10-21-11-22-17)8-12-4-2-1-3-5-12/h1-7,9-10,16,20H,8,11,18-19H2. The molecule has 22 heavy (non-hydrogen) atoms. The Bertz CT molecular complexity index is 671. The highest BCUT2D eigenvalue weighted by molar-refractivity contribution is 5.56. The maximum Gasteiger partial charge on any atom is 0.232 e. The number of hydrogen-bond acceptors (Lipinski definition) is 5. The van der Waals surface area contributed by atoms with Crippen LogP contribution in [0.3, 0.4) is 0 Å². The monoisotopic (exact) mass is 297 g/mol. The molecular formula is C17H19N3O2. The van der Waals surface area contributed by atoms with Crippen molar-refractivity contribution in [3.05, 3.63) is 71.8 Å². The highest BCUT2D eigenvalue weighted by Crippen LogP contribution is 2.27. The number of nitrogens with one attached hydrogen (secondary N) is 1. The molecule has 0 amide bonds. The Morgan fingerprint density at radius 1 is 1.09 bits per heavy atom. The van der Waals surface area contributed by atoms with Gasteiger partial charge in [-0.1, -0.05) is 30.3 Å². The molecule has 5 heteroatoms. The van der Waals surface area contributed by atoms with E-state index in [9.17, 15) is 0 Å². The molecular weight excluding hydrogens is 278 g/mol. The SMILES string of the molecule is Nc1ccc(N)c(C(Cc2ccccc2)NC2=COCO2)c1. The first kappa shape index (κ1) is 14.1. The molecule has 0 spiro atoms. The normalized spacial score (nSPS) is 14.6. The number of hydrogen-bond donors (Lipinski definition) is 3. The van der Waals surface area contributed by atoms with Gasteiger partial charge < -0.3 is 26.3 Å². The lowest BCUT2D eigenvalue weighted by molar-refractivity contribution is 0.0725. The van der Waals surface area contributed by atoms with E-state index in [1.165, 1.54) is 5.56 Å². The molecule has 1 aliphatic rings.